The van der Waals surface area contributed by atoms with E-state index in [0.717, 1.165) is 22.4 Å². The van der Waals surface area contributed by atoms with Crippen LogP contribution in [0.2, 0.25) is 0 Å². The van der Waals surface area contributed by atoms with Crippen LogP contribution in [-0.4, -0.2) is 16.5 Å². The summed E-state index contributed by atoms with van der Waals surface area (Å²) in [7, 11) is 1.69. The van der Waals surface area contributed by atoms with Gasteiger partial charge in [0.2, 0.25) is 0 Å². The van der Waals surface area contributed by atoms with E-state index in [9.17, 15) is 0 Å². The molecule has 0 saturated carbocycles. The molecule has 84 valence electrons. The zero-order chi connectivity index (χ0) is 11.7. The van der Waals surface area contributed by atoms with Crippen LogP contribution in [0.25, 0.3) is 16.6 Å². The summed E-state index contributed by atoms with van der Waals surface area (Å²) >= 11 is 0. The molecule has 0 saturated heterocycles. The van der Waals surface area contributed by atoms with Crippen molar-refractivity contribution in [2.24, 2.45) is 0 Å². The van der Waals surface area contributed by atoms with Crippen LogP contribution < -0.4 is 4.74 Å². The summed E-state index contributed by atoms with van der Waals surface area (Å²) in [4.78, 5) is 4.11. The average molecular weight is 224 g/mol. The summed E-state index contributed by atoms with van der Waals surface area (Å²) in [5, 5.41) is 0. The topological polar surface area (TPSA) is 26.5 Å². The third kappa shape index (κ3) is 1.65. The molecule has 0 N–H and O–H groups in total. The second kappa shape index (κ2) is 3.94. The lowest BCUT2D eigenvalue weighted by Gasteiger charge is -2.08. The molecule has 0 bridgehead atoms. The summed E-state index contributed by atoms with van der Waals surface area (Å²) in [5.74, 6) is 0.881. The highest BCUT2D eigenvalue weighted by molar-refractivity contribution is 5.71. The van der Waals surface area contributed by atoms with Crippen LogP contribution in [0.5, 0.6) is 5.75 Å². The van der Waals surface area contributed by atoms with Gasteiger partial charge in [0.05, 0.1) is 25.2 Å². The molecule has 0 fully saturated rings. The Bertz CT molecular complexity index is 658. The highest BCUT2D eigenvalue weighted by Crippen LogP contribution is 2.29. The van der Waals surface area contributed by atoms with Gasteiger partial charge in [0.15, 0.2) is 0 Å². The van der Waals surface area contributed by atoms with E-state index in [1.165, 1.54) is 0 Å². The second-order valence-electron chi connectivity index (χ2n) is 3.84. The van der Waals surface area contributed by atoms with Crippen LogP contribution in [0.15, 0.2) is 55.1 Å². The van der Waals surface area contributed by atoms with Gasteiger partial charge in [-0.25, -0.2) is 4.98 Å². The van der Waals surface area contributed by atoms with Gasteiger partial charge in [0.25, 0.3) is 0 Å². The molecule has 0 aliphatic carbocycles. The molecular weight excluding hydrogens is 212 g/mol. The van der Waals surface area contributed by atoms with Gasteiger partial charge in [0.1, 0.15) is 5.75 Å². The molecule has 0 amide bonds. The summed E-state index contributed by atoms with van der Waals surface area (Å²) < 4.78 is 7.37. The average Bonchev–Trinajstić information content (AvgIpc) is 2.85. The molecule has 3 nitrogen and oxygen atoms in total. The molecule has 1 aromatic carbocycles. The lowest BCUT2D eigenvalue weighted by molar-refractivity contribution is 0.416. The highest BCUT2D eigenvalue weighted by Gasteiger charge is 2.05. The van der Waals surface area contributed by atoms with Crippen molar-refractivity contribution in [3.8, 4) is 16.9 Å². The maximum Gasteiger partial charge on any atom is 0.126 e. The van der Waals surface area contributed by atoms with E-state index in [0.29, 0.717) is 0 Å². The third-order valence-corrected chi connectivity index (χ3v) is 2.83. The van der Waals surface area contributed by atoms with Crippen LogP contribution in [0.3, 0.4) is 0 Å². The number of methoxy groups -OCH3 is 1. The molecular formula is C14H12N2O. The molecule has 2 aromatic heterocycles. The largest absolute Gasteiger partial charge is 0.496 e. The van der Waals surface area contributed by atoms with Gasteiger partial charge in [-0.15, -0.1) is 0 Å². The predicted octanol–water partition coefficient (Wildman–Crippen LogP) is 3.01. The lowest BCUT2D eigenvalue weighted by atomic mass is 10.1. The molecule has 3 heteroatoms. The number of nitrogens with zero attached hydrogens (tertiary/aromatic N) is 2. The van der Waals surface area contributed by atoms with Crippen molar-refractivity contribution in [1.82, 2.24) is 9.38 Å². The smallest absolute Gasteiger partial charge is 0.126 e. The van der Waals surface area contributed by atoms with Crippen LogP contribution in [0, 0.1) is 0 Å². The summed E-state index contributed by atoms with van der Waals surface area (Å²) in [5.41, 5.74) is 3.29. The Kier molecular flexibility index (Phi) is 2.29. The molecule has 2 heterocycles. The predicted molar refractivity (Wildman–Crippen MR) is 67.2 cm³/mol. The number of hydrogen-bond acceptors (Lipinski definition) is 2. The first-order valence-electron chi connectivity index (χ1n) is 5.43. The van der Waals surface area contributed by atoms with Gasteiger partial charge >= 0.3 is 0 Å². The fraction of sp³-hybridized carbons (Fsp3) is 0.0714. The third-order valence-electron chi connectivity index (χ3n) is 2.83. The quantitative estimate of drug-likeness (QED) is 0.669. The number of rotatable bonds is 2. The highest BCUT2D eigenvalue weighted by atomic mass is 16.5. The van der Waals surface area contributed by atoms with Gasteiger partial charge < -0.3 is 9.14 Å². The zero-order valence-corrected chi connectivity index (χ0v) is 9.50. The first kappa shape index (κ1) is 9.90. The summed E-state index contributed by atoms with van der Waals surface area (Å²) in [6.45, 7) is 0. The first-order valence-corrected chi connectivity index (χ1v) is 5.43. The Morgan fingerprint density at radius 1 is 1.12 bits per heavy atom. The Morgan fingerprint density at radius 3 is 2.88 bits per heavy atom. The molecule has 17 heavy (non-hydrogen) atoms. The Balaban J connectivity index is 2.19. The van der Waals surface area contributed by atoms with Gasteiger partial charge in [-0.1, -0.05) is 24.3 Å². The molecule has 3 rings (SSSR count). The first-order chi connectivity index (χ1) is 8.38. The Labute approximate surface area is 99.3 Å². The van der Waals surface area contributed by atoms with Crippen molar-refractivity contribution in [1.29, 1.82) is 0 Å². The minimum atomic E-state index is 0.881. The zero-order valence-electron chi connectivity index (χ0n) is 9.50. The van der Waals surface area contributed by atoms with E-state index >= 15 is 0 Å². The van der Waals surface area contributed by atoms with Crippen LogP contribution in [0.4, 0.5) is 0 Å². The van der Waals surface area contributed by atoms with Crippen LogP contribution in [0.1, 0.15) is 0 Å². The second-order valence-corrected chi connectivity index (χ2v) is 3.84. The van der Waals surface area contributed by atoms with Gasteiger partial charge in [-0.05, 0) is 12.1 Å². The minimum Gasteiger partial charge on any atom is -0.496 e. The molecule has 0 radical (unpaired) electrons. The lowest BCUT2D eigenvalue weighted by Crippen LogP contribution is -1.89. The van der Waals surface area contributed by atoms with E-state index in [2.05, 4.69) is 29.4 Å². The number of aromatic nitrogens is 2. The number of imidazole rings is 1. The summed E-state index contributed by atoms with van der Waals surface area (Å²) in [6.07, 6.45) is 5.69. The Hall–Kier alpha value is -2.29. The van der Waals surface area contributed by atoms with Gasteiger partial charge in [-0.2, -0.15) is 0 Å². The van der Waals surface area contributed by atoms with E-state index in [4.69, 9.17) is 4.74 Å². The van der Waals surface area contributed by atoms with Crippen molar-refractivity contribution >= 4 is 5.52 Å². The number of fused-ring (bicyclic) bond motifs is 1. The number of pyridine rings is 1. The number of ether oxygens (including phenoxy) is 1. The minimum absolute atomic E-state index is 0.881. The van der Waals surface area contributed by atoms with Crippen molar-refractivity contribution in [3.05, 3.63) is 55.1 Å². The fourth-order valence-electron chi connectivity index (χ4n) is 1.96. The number of benzene rings is 1. The monoisotopic (exact) mass is 224 g/mol. The van der Waals surface area contributed by atoms with Crippen LogP contribution in [-0.2, 0) is 0 Å². The SMILES string of the molecule is COc1ccccc1-c1ccc2cncn2c1. The molecule has 0 spiro atoms. The van der Waals surface area contributed by atoms with E-state index in [1.54, 1.807) is 13.4 Å². The van der Waals surface area contributed by atoms with E-state index < -0.39 is 0 Å². The number of para-hydroxylation sites is 1. The number of hydrogen-bond donors (Lipinski definition) is 0. The van der Waals surface area contributed by atoms with Crippen LogP contribution >= 0.6 is 0 Å². The fourth-order valence-corrected chi connectivity index (χ4v) is 1.96. The maximum absolute atomic E-state index is 5.37. The van der Waals surface area contributed by atoms with Crippen molar-refractivity contribution in [2.45, 2.75) is 0 Å². The van der Waals surface area contributed by atoms with E-state index in [-0.39, 0.29) is 0 Å². The summed E-state index contributed by atoms with van der Waals surface area (Å²) in [6, 6.07) is 12.1. The normalized spacial score (nSPS) is 10.6. The molecule has 0 aliphatic rings. The van der Waals surface area contributed by atoms with Crippen molar-refractivity contribution < 1.29 is 4.74 Å². The van der Waals surface area contributed by atoms with Gasteiger partial charge in [-0.3, -0.25) is 0 Å². The molecule has 0 unspecified atom stereocenters. The standard InChI is InChI=1S/C14H12N2O/c1-17-14-5-3-2-4-13(14)11-6-7-12-8-15-10-16(12)9-11/h2-10H,1H3. The van der Waals surface area contributed by atoms with Crippen molar-refractivity contribution in [3.63, 3.8) is 0 Å². The molecule has 3 aromatic rings. The molecule has 0 aliphatic heterocycles. The van der Waals surface area contributed by atoms with E-state index in [1.807, 2.05) is 28.8 Å². The van der Waals surface area contributed by atoms with Gasteiger partial charge in [0, 0.05) is 17.3 Å². The Morgan fingerprint density at radius 2 is 2.00 bits per heavy atom. The van der Waals surface area contributed by atoms with Crippen molar-refractivity contribution in [2.75, 3.05) is 7.11 Å². The maximum atomic E-state index is 5.37. The molecule has 0 atom stereocenters.